The first-order chi connectivity index (χ1) is 7.55. The van der Waals surface area contributed by atoms with Gasteiger partial charge in [0.15, 0.2) is 0 Å². The third kappa shape index (κ3) is 4.84. The molecule has 1 fully saturated rings. The molecule has 1 saturated carbocycles. The van der Waals surface area contributed by atoms with Crippen molar-refractivity contribution in [3.63, 3.8) is 0 Å². The molecular weight excluding hydrogens is 196 g/mol. The van der Waals surface area contributed by atoms with Crippen molar-refractivity contribution in [2.45, 2.75) is 58.4 Å². The minimum atomic E-state index is 0.601. The van der Waals surface area contributed by atoms with Crippen LogP contribution >= 0.6 is 0 Å². The molecule has 0 heterocycles. The van der Waals surface area contributed by atoms with Gasteiger partial charge in [0.05, 0.1) is 0 Å². The van der Waals surface area contributed by atoms with E-state index >= 15 is 0 Å². The van der Waals surface area contributed by atoms with Gasteiger partial charge < -0.3 is 10.2 Å². The standard InChI is InChI=1S/C14H30N2/c1-14(2)9-7-13(8-10-14)16(4)12-6-5-11-15-3/h13,15H,5-12H2,1-4H3. The highest BCUT2D eigenvalue weighted by molar-refractivity contribution is 4.82. The minimum absolute atomic E-state index is 0.601. The first-order valence-electron chi connectivity index (χ1n) is 6.90. The zero-order valence-electron chi connectivity index (χ0n) is 11.7. The van der Waals surface area contributed by atoms with E-state index in [1.165, 1.54) is 45.1 Å². The number of nitrogens with zero attached hydrogens (tertiary/aromatic N) is 1. The van der Waals surface area contributed by atoms with Crippen LogP contribution < -0.4 is 5.32 Å². The van der Waals surface area contributed by atoms with E-state index in [1.54, 1.807) is 0 Å². The third-order valence-corrected chi connectivity index (χ3v) is 4.12. The molecule has 0 saturated heterocycles. The average Bonchev–Trinajstić information content (AvgIpc) is 2.24. The Labute approximate surface area is 102 Å². The van der Waals surface area contributed by atoms with Crippen LogP contribution in [0.25, 0.3) is 0 Å². The molecule has 1 rings (SSSR count). The molecule has 1 aliphatic carbocycles. The minimum Gasteiger partial charge on any atom is -0.320 e. The van der Waals surface area contributed by atoms with Crippen molar-refractivity contribution >= 4 is 0 Å². The highest BCUT2D eigenvalue weighted by atomic mass is 15.1. The summed E-state index contributed by atoms with van der Waals surface area (Å²) in [6.45, 7) is 7.25. The molecule has 2 heteroatoms. The van der Waals surface area contributed by atoms with Crippen molar-refractivity contribution in [2.75, 3.05) is 27.2 Å². The third-order valence-electron chi connectivity index (χ3n) is 4.12. The molecule has 1 aliphatic rings. The highest BCUT2D eigenvalue weighted by Gasteiger charge is 2.28. The van der Waals surface area contributed by atoms with Crippen LogP contribution in [0, 0.1) is 5.41 Å². The topological polar surface area (TPSA) is 15.3 Å². The number of hydrogen-bond acceptors (Lipinski definition) is 2. The Morgan fingerprint density at radius 1 is 1.19 bits per heavy atom. The van der Waals surface area contributed by atoms with Crippen LogP contribution in [0.2, 0.25) is 0 Å². The van der Waals surface area contributed by atoms with Gasteiger partial charge in [0.1, 0.15) is 0 Å². The summed E-state index contributed by atoms with van der Waals surface area (Å²) >= 11 is 0. The van der Waals surface area contributed by atoms with E-state index < -0.39 is 0 Å². The van der Waals surface area contributed by atoms with Crippen LogP contribution in [0.1, 0.15) is 52.4 Å². The Hall–Kier alpha value is -0.0800. The molecule has 0 amide bonds. The molecule has 0 aromatic carbocycles. The zero-order chi connectivity index (χ0) is 12.0. The predicted molar refractivity (Wildman–Crippen MR) is 71.8 cm³/mol. The van der Waals surface area contributed by atoms with Crippen LogP contribution in [0.3, 0.4) is 0 Å². The van der Waals surface area contributed by atoms with Crippen molar-refractivity contribution in [1.82, 2.24) is 10.2 Å². The van der Waals surface area contributed by atoms with Crippen molar-refractivity contribution in [2.24, 2.45) is 5.41 Å². The van der Waals surface area contributed by atoms with E-state index in [9.17, 15) is 0 Å². The average molecular weight is 226 g/mol. The fourth-order valence-electron chi connectivity index (χ4n) is 2.67. The lowest BCUT2D eigenvalue weighted by Crippen LogP contribution is -2.37. The van der Waals surface area contributed by atoms with E-state index in [1.807, 2.05) is 7.05 Å². The molecule has 0 aromatic rings. The number of nitrogens with one attached hydrogen (secondary N) is 1. The summed E-state index contributed by atoms with van der Waals surface area (Å²) in [5.74, 6) is 0. The van der Waals surface area contributed by atoms with Gasteiger partial charge in [-0.2, -0.15) is 0 Å². The van der Waals surface area contributed by atoms with Gasteiger partial charge in [-0.1, -0.05) is 13.8 Å². The molecular formula is C14H30N2. The predicted octanol–water partition coefficient (Wildman–Crippen LogP) is 2.89. The molecule has 0 aromatic heterocycles. The van der Waals surface area contributed by atoms with Gasteiger partial charge in [-0.25, -0.2) is 0 Å². The fourth-order valence-corrected chi connectivity index (χ4v) is 2.67. The summed E-state index contributed by atoms with van der Waals surface area (Å²) in [7, 11) is 4.34. The van der Waals surface area contributed by atoms with Crippen molar-refractivity contribution in [3.05, 3.63) is 0 Å². The molecule has 0 atom stereocenters. The molecule has 0 bridgehead atoms. The van der Waals surface area contributed by atoms with E-state index in [4.69, 9.17) is 0 Å². The van der Waals surface area contributed by atoms with Gasteiger partial charge in [0, 0.05) is 6.04 Å². The lowest BCUT2D eigenvalue weighted by molar-refractivity contribution is 0.126. The fraction of sp³-hybridized carbons (Fsp3) is 1.00. The summed E-state index contributed by atoms with van der Waals surface area (Å²) in [4.78, 5) is 2.59. The van der Waals surface area contributed by atoms with E-state index in [0.29, 0.717) is 5.41 Å². The summed E-state index contributed by atoms with van der Waals surface area (Å²) in [6, 6.07) is 0.850. The van der Waals surface area contributed by atoms with Crippen LogP contribution in [0.5, 0.6) is 0 Å². The number of rotatable bonds is 6. The molecule has 0 spiro atoms. The first kappa shape index (κ1) is 14.0. The molecule has 0 radical (unpaired) electrons. The van der Waals surface area contributed by atoms with Gasteiger partial charge in [0.2, 0.25) is 0 Å². The number of unbranched alkanes of at least 4 members (excludes halogenated alkanes) is 1. The Morgan fingerprint density at radius 2 is 1.81 bits per heavy atom. The Kier molecular flexibility index (Phi) is 5.77. The van der Waals surface area contributed by atoms with Gasteiger partial charge in [0.25, 0.3) is 0 Å². The lowest BCUT2D eigenvalue weighted by atomic mass is 9.75. The van der Waals surface area contributed by atoms with E-state index in [0.717, 1.165) is 12.6 Å². The second kappa shape index (κ2) is 6.61. The second-order valence-electron chi connectivity index (χ2n) is 6.19. The number of hydrogen-bond donors (Lipinski definition) is 1. The van der Waals surface area contributed by atoms with Gasteiger partial charge in [-0.05, 0) is 71.1 Å². The molecule has 16 heavy (non-hydrogen) atoms. The lowest BCUT2D eigenvalue weighted by Gasteiger charge is -2.38. The highest BCUT2D eigenvalue weighted by Crippen LogP contribution is 2.36. The molecule has 1 N–H and O–H groups in total. The SMILES string of the molecule is CNCCCCN(C)C1CCC(C)(C)CC1. The Balaban J connectivity index is 2.15. The van der Waals surface area contributed by atoms with E-state index in [-0.39, 0.29) is 0 Å². The van der Waals surface area contributed by atoms with E-state index in [2.05, 4.69) is 31.1 Å². The largest absolute Gasteiger partial charge is 0.320 e. The van der Waals surface area contributed by atoms with Crippen LogP contribution in [-0.2, 0) is 0 Å². The van der Waals surface area contributed by atoms with Crippen molar-refractivity contribution < 1.29 is 0 Å². The van der Waals surface area contributed by atoms with Crippen molar-refractivity contribution in [1.29, 1.82) is 0 Å². The molecule has 0 unspecified atom stereocenters. The quantitative estimate of drug-likeness (QED) is 0.701. The maximum atomic E-state index is 3.21. The van der Waals surface area contributed by atoms with Gasteiger partial charge in [-0.3, -0.25) is 0 Å². The van der Waals surface area contributed by atoms with Crippen LogP contribution in [0.15, 0.2) is 0 Å². The van der Waals surface area contributed by atoms with Crippen LogP contribution in [-0.4, -0.2) is 38.1 Å². The Morgan fingerprint density at radius 3 is 2.38 bits per heavy atom. The smallest absolute Gasteiger partial charge is 0.00926 e. The zero-order valence-corrected chi connectivity index (χ0v) is 11.7. The summed E-state index contributed by atoms with van der Waals surface area (Å²) < 4.78 is 0. The molecule has 96 valence electrons. The van der Waals surface area contributed by atoms with Crippen molar-refractivity contribution in [3.8, 4) is 0 Å². The summed E-state index contributed by atoms with van der Waals surface area (Å²) in [6.07, 6.45) is 8.23. The maximum Gasteiger partial charge on any atom is 0.00926 e. The summed E-state index contributed by atoms with van der Waals surface area (Å²) in [5.41, 5.74) is 0.601. The van der Waals surface area contributed by atoms with Gasteiger partial charge >= 0.3 is 0 Å². The van der Waals surface area contributed by atoms with Gasteiger partial charge in [-0.15, -0.1) is 0 Å². The molecule has 0 aliphatic heterocycles. The molecule has 2 nitrogen and oxygen atoms in total. The van der Waals surface area contributed by atoms with Crippen LogP contribution in [0.4, 0.5) is 0 Å². The first-order valence-corrected chi connectivity index (χ1v) is 6.90. The maximum absolute atomic E-state index is 3.21. The monoisotopic (exact) mass is 226 g/mol. The second-order valence-corrected chi connectivity index (χ2v) is 6.19. The normalized spacial score (nSPS) is 21.6. The Bertz CT molecular complexity index is 179. The summed E-state index contributed by atoms with van der Waals surface area (Å²) in [5, 5.41) is 3.21.